The Labute approximate surface area is 196 Å². The molecule has 1 aromatic heterocycles. The molecule has 6 atom stereocenters. The number of aliphatic hydroxyl groups excluding tert-OH is 1. The molecule has 1 heterocycles. The number of pyridine rings is 1. The predicted molar refractivity (Wildman–Crippen MR) is 127 cm³/mol. The van der Waals surface area contributed by atoms with E-state index < -0.39 is 0 Å². The largest absolute Gasteiger partial charge is 0.393 e. The van der Waals surface area contributed by atoms with Gasteiger partial charge >= 0.3 is 0 Å². The van der Waals surface area contributed by atoms with Gasteiger partial charge in [0.2, 0.25) is 0 Å². The molecule has 0 saturated heterocycles. The maximum absolute atomic E-state index is 12.1. The van der Waals surface area contributed by atoms with Gasteiger partial charge in [-0.1, -0.05) is 30.6 Å². The van der Waals surface area contributed by atoms with Crippen LogP contribution in [0.1, 0.15) is 70.8 Å². The molecule has 2 N–H and O–H groups in total. The Kier molecular flexibility index (Phi) is 6.06. The Hall–Kier alpha value is -2.21. The van der Waals surface area contributed by atoms with Crippen LogP contribution in [-0.4, -0.2) is 34.4 Å². The molecular weight excluding hydrogens is 414 g/mol. The molecule has 4 aliphatic carbocycles. The lowest BCUT2D eigenvalue weighted by molar-refractivity contribution is -0.125. The van der Waals surface area contributed by atoms with Crippen molar-refractivity contribution in [2.75, 3.05) is 6.61 Å². The predicted octanol–water partition coefficient (Wildman–Crippen LogP) is 4.39. The number of oxime groups is 1. The summed E-state index contributed by atoms with van der Waals surface area (Å²) >= 11 is 0. The molecule has 4 aliphatic rings. The van der Waals surface area contributed by atoms with Crippen molar-refractivity contribution >= 4 is 11.6 Å². The summed E-state index contributed by atoms with van der Waals surface area (Å²) in [5.41, 5.74) is 3.79. The zero-order valence-corrected chi connectivity index (χ0v) is 19.9. The van der Waals surface area contributed by atoms with Crippen molar-refractivity contribution in [3.63, 3.8) is 0 Å². The molecule has 1 amide bonds. The summed E-state index contributed by atoms with van der Waals surface area (Å²) in [6.45, 7) is 5.18. The van der Waals surface area contributed by atoms with Crippen LogP contribution in [0.2, 0.25) is 0 Å². The summed E-state index contributed by atoms with van der Waals surface area (Å²) < 4.78 is 0. The average molecular weight is 452 g/mol. The average Bonchev–Trinajstić information content (AvgIpc) is 3.13. The van der Waals surface area contributed by atoms with Crippen LogP contribution in [0.15, 0.2) is 41.3 Å². The van der Waals surface area contributed by atoms with Crippen molar-refractivity contribution in [2.24, 2.45) is 33.7 Å². The van der Waals surface area contributed by atoms with Gasteiger partial charge in [-0.25, -0.2) is 0 Å². The number of fused-ring (bicyclic) bond motifs is 5. The number of carbonyl (C=O) groups excluding carboxylic acids is 1. The second-order valence-electron chi connectivity index (χ2n) is 11.1. The Morgan fingerprint density at radius 2 is 2.09 bits per heavy atom. The van der Waals surface area contributed by atoms with Crippen LogP contribution in [0, 0.1) is 28.6 Å². The van der Waals surface area contributed by atoms with Gasteiger partial charge in [-0.15, -0.1) is 0 Å². The molecular formula is C27H37N3O3. The van der Waals surface area contributed by atoms with E-state index >= 15 is 0 Å². The Balaban J connectivity index is 1.19. The fourth-order valence-corrected chi connectivity index (χ4v) is 7.54. The summed E-state index contributed by atoms with van der Waals surface area (Å²) in [5.74, 6) is 1.94. The van der Waals surface area contributed by atoms with Crippen molar-refractivity contribution in [3.05, 3.63) is 41.7 Å². The Morgan fingerprint density at radius 1 is 1.21 bits per heavy atom. The summed E-state index contributed by atoms with van der Waals surface area (Å²) in [7, 11) is 0. The van der Waals surface area contributed by atoms with E-state index in [1.807, 2.05) is 12.1 Å². The maximum Gasteiger partial charge on any atom is 0.261 e. The van der Waals surface area contributed by atoms with E-state index in [4.69, 9.17) is 4.84 Å². The van der Waals surface area contributed by atoms with Crippen molar-refractivity contribution in [1.82, 2.24) is 10.3 Å². The minimum atomic E-state index is -0.180. The highest BCUT2D eigenvalue weighted by Gasteiger charge is 2.58. The van der Waals surface area contributed by atoms with Gasteiger partial charge in [-0.2, -0.15) is 0 Å². The standard InChI is InChI=1S/C27H37N3O3/c1-26-11-9-20(30-33-17-25(32)29-16-18-4-3-13-28-15-18)14-19(26)5-6-21-22-7-8-24(31)27(22,2)12-10-23(21)26/h3-4,13-15,21-24,31H,5-12,16-17H2,1-2H3,(H,29,32)/t21-,22-,23-,24-,26-,27-/m0/s1. The van der Waals surface area contributed by atoms with Gasteiger partial charge < -0.3 is 15.3 Å². The molecule has 6 nitrogen and oxygen atoms in total. The van der Waals surface area contributed by atoms with Gasteiger partial charge in [-0.05, 0) is 97.7 Å². The number of hydrogen-bond acceptors (Lipinski definition) is 5. The fourth-order valence-electron chi connectivity index (χ4n) is 7.54. The Bertz CT molecular complexity index is 945. The summed E-state index contributed by atoms with van der Waals surface area (Å²) in [4.78, 5) is 21.5. The highest BCUT2D eigenvalue weighted by molar-refractivity contribution is 5.96. The monoisotopic (exact) mass is 451 g/mol. The molecule has 5 rings (SSSR count). The summed E-state index contributed by atoms with van der Waals surface area (Å²) in [5, 5.41) is 17.8. The number of hydrogen-bond donors (Lipinski definition) is 2. The lowest BCUT2D eigenvalue weighted by Gasteiger charge is -2.57. The Morgan fingerprint density at radius 3 is 2.91 bits per heavy atom. The number of nitrogens with zero attached hydrogens (tertiary/aromatic N) is 2. The van der Waals surface area contributed by atoms with E-state index in [2.05, 4.69) is 35.4 Å². The van der Waals surface area contributed by atoms with Gasteiger partial charge in [0.15, 0.2) is 6.61 Å². The number of aromatic nitrogens is 1. The number of carbonyl (C=O) groups is 1. The quantitative estimate of drug-likeness (QED) is 0.650. The maximum atomic E-state index is 12.1. The van der Waals surface area contributed by atoms with Crippen molar-refractivity contribution in [3.8, 4) is 0 Å². The third-order valence-electron chi connectivity index (χ3n) is 9.52. The second kappa shape index (κ2) is 8.86. The molecule has 6 heteroatoms. The van der Waals surface area contributed by atoms with Gasteiger partial charge in [0.05, 0.1) is 11.8 Å². The molecule has 0 unspecified atom stereocenters. The van der Waals surface area contributed by atoms with Crippen LogP contribution in [0.3, 0.4) is 0 Å². The lowest BCUT2D eigenvalue weighted by Crippen LogP contribution is -2.51. The van der Waals surface area contributed by atoms with Gasteiger partial charge in [-0.3, -0.25) is 9.78 Å². The van der Waals surface area contributed by atoms with Crippen molar-refractivity contribution in [1.29, 1.82) is 0 Å². The van der Waals surface area contributed by atoms with Gasteiger partial charge in [0.1, 0.15) is 0 Å². The number of rotatable bonds is 5. The minimum absolute atomic E-state index is 0.0719. The SMILES string of the molecule is C[C@]12CC[C@H]3[C@@H](CCC4=CC(=NOCC(=O)NCc5cccnc5)CC[C@@]43C)[C@@H]1CC[C@@H]2O. The first kappa shape index (κ1) is 22.6. The van der Waals surface area contributed by atoms with Crippen LogP contribution in [0.25, 0.3) is 0 Å². The van der Waals surface area contributed by atoms with Crippen LogP contribution >= 0.6 is 0 Å². The molecule has 0 spiro atoms. The third-order valence-corrected chi connectivity index (χ3v) is 9.52. The zero-order valence-electron chi connectivity index (χ0n) is 19.9. The fraction of sp³-hybridized carbons (Fsp3) is 0.667. The molecule has 178 valence electrons. The molecule has 3 saturated carbocycles. The number of allylic oxidation sites excluding steroid dienone is 2. The van der Waals surface area contributed by atoms with E-state index in [1.54, 1.807) is 12.4 Å². The first-order valence-corrected chi connectivity index (χ1v) is 12.6. The minimum Gasteiger partial charge on any atom is -0.393 e. The molecule has 0 radical (unpaired) electrons. The van der Waals surface area contributed by atoms with Crippen LogP contribution in [0.5, 0.6) is 0 Å². The molecule has 33 heavy (non-hydrogen) atoms. The first-order chi connectivity index (χ1) is 15.9. The highest BCUT2D eigenvalue weighted by Crippen LogP contribution is 2.65. The third kappa shape index (κ3) is 4.11. The van der Waals surface area contributed by atoms with E-state index in [1.165, 1.54) is 24.8 Å². The van der Waals surface area contributed by atoms with Gasteiger partial charge in [0, 0.05) is 18.9 Å². The summed E-state index contributed by atoms with van der Waals surface area (Å²) in [6, 6.07) is 3.78. The molecule has 1 aromatic rings. The normalized spacial score (nSPS) is 38.6. The van der Waals surface area contributed by atoms with Crippen molar-refractivity contribution in [2.45, 2.75) is 77.9 Å². The van der Waals surface area contributed by atoms with Crippen LogP contribution in [0.4, 0.5) is 0 Å². The number of aliphatic hydroxyl groups is 1. The van der Waals surface area contributed by atoms with Gasteiger partial charge in [0.25, 0.3) is 5.91 Å². The number of amides is 1. The molecule has 3 fully saturated rings. The van der Waals surface area contributed by atoms with Crippen LogP contribution < -0.4 is 5.32 Å². The smallest absolute Gasteiger partial charge is 0.261 e. The highest BCUT2D eigenvalue weighted by atomic mass is 16.6. The zero-order chi connectivity index (χ0) is 23.1. The molecule has 0 aliphatic heterocycles. The topological polar surface area (TPSA) is 83.8 Å². The number of nitrogens with one attached hydrogen (secondary N) is 1. The van der Waals surface area contributed by atoms with E-state index in [0.29, 0.717) is 18.4 Å². The summed E-state index contributed by atoms with van der Waals surface area (Å²) in [6.07, 6.45) is 14.5. The lowest BCUT2D eigenvalue weighted by atomic mass is 9.47. The van der Waals surface area contributed by atoms with Crippen molar-refractivity contribution < 1.29 is 14.7 Å². The first-order valence-electron chi connectivity index (χ1n) is 12.6. The van der Waals surface area contributed by atoms with E-state index in [9.17, 15) is 9.90 Å². The van der Waals surface area contributed by atoms with Crippen LogP contribution in [-0.2, 0) is 16.2 Å². The van der Waals surface area contributed by atoms with E-state index in [0.717, 1.165) is 49.3 Å². The van der Waals surface area contributed by atoms with E-state index in [-0.39, 0.29) is 29.4 Å². The molecule has 0 bridgehead atoms. The second-order valence-corrected chi connectivity index (χ2v) is 11.1. The molecule has 0 aromatic carbocycles.